The SMILES string of the molecule is O=C(NCc1ccncc1)c1cc(N2CCOCC2)ccc1[N+](=O)[O-]. The van der Waals surface area contributed by atoms with Gasteiger partial charge in [0.1, 0.15) is 5.56 Å². The van der Waals surface area contributed by atoms with E-state index in [-0.39, 0.29) is 17.8 Å². The van der Waals surface area contributed by atoms with E-state index in [9.17, 15) is 14.9 Å². The van der Waals surface area contributed by atoms with E-state index in [1.807, 2.05) is 4.90 Å². The highest BCUT2D eigenvalue weighted by Crippen LogP contribution is 2.25. The monoisotopic (exact) mass is 342 g/mol. The Bertz CT molecular complexity index is 760. The van der Waals surface area contributed by atoms with Crippen LogP contribution in [-0.2, 0) is 11.3 Å². The molecule has 8 heteroatoms. The van der Waals surface area contributed by atoms with Gasteiger partial charge in [-0.05, 0) is 29.8 Å². The summed E-state index contributed by atoms with van der Waals surface area (Å²) in [4.78, 5) is 29.2. The van der Waals surface area contributed by atoms with Crippen LogP contribution >= 0.6 is 0 Å². The normalized spacial score (nSPS) is 14.2. The Kier molecular flexibility index (Phi) is 5.20. The molecule has 25 heavy (non-hydrogen) atoms. The molecule has 0 atom stereocenters. The van der Waals surface area contributed by atoms with Crippen LogP contribution in [0.15, 0.2) is 42.7 Å². The number of rotatable bonds is 5. The molecule has 0 unspecified atom stereocenters. The predicted octanol–water partition coefficient (Wildman–Crippen LogP) is 1.76. The summed E-state index contributed by atoms with van der Waals surface area (Å²) in [6.45, 7) is 2.85. The molecule has 3 rings (SSSR count). The fourth-order valence-corrected chi connectivity index (χ4v) is 2.66. The molecule has 130 valence electrons. The van der Waals surface area contributed by atoms with Gasteiger partial charge in [-0.2, -0.15) is 0 Å². The topological polar surface area (TPSA) is 97.6 Å². The van der Waals surface area contributed by atoms with E-state index in [0.717, 1.165) is 11.3 Å². The lowest BCUT2D eigenvalue weighted by Gasteiger charge is -2.29. The van der Waals surface area contributed by atoms with Crippen molar-refractivity contribution in [2.24, 2.45) is 0 Å². The summed E-state index contributed by atoms with van der Waals surface area (Å²) in [7, 11) is 0. The number of hydrogen-bond donors (Lipinski definition) is 1. The summed E-state index contributed by atoms with van der Waals surface area (Å²) in [6, 6.07) is 8.18. The molecule has 0 radical (unpaired) electrons. The molecular formula is C17H18N4O4. The van der Waals surface area contributed by atoms with Gasteiger partial charge in [-0.3, -0.25) is 19.9 Å². The minimum absolute atomic E-state index is 0.0584. The van der Waals surface area contributed by atoms with Crippen LogP contribution in [0, 0.1) is 10.1 Å². The zero-order valence-electron chi connectivity index (χ0n) is 13.6. The molecule has 1 amide bonds. The highest BCUT2D eigenvalue weighted by Gasteiger charge is 2.22. The number of amides is 1. The third-order valence-corrected chi connectivity index (χ3v) is 4.00. The van der Waals surface area contributed by atoms with Gasteiger partial charge in [-0.25, -0.2) is 0 Å². The van der Waals surface area contributed by atoms with Gasteiger partial charge in [-0.15, -0.1) is 0 Å². The van der Waals surface area contributed by atoms with Crippen LogP contribution in [0.3, 0.4) is 0 Å². The average molecular weight is 342 g/mol. The summed E-state index contributed by atoms with van der Waals surface area (Å²) >= 11 is 0. The fraction of sp³-hybridized carbons (Fsp3) is 0.294. The van der Waals surface area contributed by atoms with E-state index >= 15 is 0 Å². The summed E-state index contributed by atoms with van der Waals surface area (Å²) in [5.41, 5.74) is 1.51. The Morgan fingerprint density at radius 1 is 1.24 bits per heavy atom. The van der Waals surface area contributed by atoms with Crippen LogP contribution in [0.2, 0.25) is 0 Å². The van der Waals surface area contributed by atoms with Gasteiger partial charge in [-0.1, -0.05) is 0 Å². The van der Waals surface area contributed by atoms with Crippen LogP contribution in [-0.4, -0.2) is 42.1 Å². The third-order valence-electron chi connectivity index (χ3n) is 4.00. The highest BCUT2D eigenvalue weighted by molar-refractivity contribution is 5.99. The summed E-state index contributed by atoms with van der Waals surface area (Å²) in [5, 5.41) is 14.0. The molecule has 8 nitrogen and oxygen atoms in total. The Balaban J connectivity index is 1.81. The lowest BCUT2D eigenvalue weighted by molar-refractivity contribution is -0.385. The second kappa shape index (κ2) is 7.71. The number of benzene rings is 1. The fourth-order valence-electron chi connectivity index (χ4n) is 2.66. The number of carbonyl (C=O) groups is 1. The highest BCUT2D eigenvalue weighted by atomic mass is 16.6. The van der Waals surface area contributed by atoms with E-state index in [0.29, 0.717) is 26.3 Å². The molecule has 2 aromatic rings. The third kappa shape index (κ3) is 4.10. The van der Waals surface area contributed by atoms with Gasteiger partial charge in [0.05, 0.1) is 18.1 Å². The van der Waals surface area contributed by atoms with Crippen molar-refractivity contribution < 1.29 is 14.5 Å². The number of nitrogens with zero attached hydrogens (tertiary/aromatic N) is 3. The second-order valence-corrected chi connectivity index (χ2v) is 5.60. The zero-order chi connectivity index (χ0) is 17.6. The molecular weight excluding hydrogens is 324 g/mol. The first-order valence-corrected chi connectivity index (χ1v) is 7.93. The van der Waals surface area contributed by atoms with Crippen molar-refractivity contribution in [3.05, 3.63) is 64.0 Å². The van der Waals surface area contributed by atoms with Gasteiger partial charge < -0.3 is 15.0 Å². The van der Waals surface area contributed by atoms with Crippen LogP contribution in [0.5, 0.6) is 0 Å². The van der Waals surface area contributed by atoms with Crippen molar-refractivity contribution in [3.8, 4) is 0 Å². The van der Waals surface area contributed by atoms with Gasteiger partial charge in [0.15, 0.2) is 0 Å². The number of aromatic nitrogens is 1. The number of hydrogen-bond acceptors (Lipinski definition) is 6. The van der Waals surface area contributed by atoms with Crippen LogP contribution in [0.25, 0.3) is 0 Å². The Morgan fingerprint density at radius 3 is 2.64 bits per heavy atom. The van der Waals surface area contributed by atoms with Gasteiger partial charge in [0.2, 0.25) is 0 Å². The maximum atomic E-state index is 12.5. The number of nitro benzene ring substituents is 1. The van der Waals surface area contributed by atoms with Crippen LogP contribution < -0.4 is 10.2 Å². The van der Waals surface area contributed by atoms with Gasteiger partial charge >= 0.3 is 0 Å². The Morgan fingerprint density at radius 2 is 1.96 bits per heavy atom. The first-order valence-electron chi connectivity index (χ1n) is 7.93. The Labute approximate surface area is 144 Å². The quantitative estimate of drug-likeness (QED) is 0.657. The molecule has 0 bridgehead atoms. The molecule has 1 saturated heterocycles. The summed E-state index contributed by atoms with van der Waals surface area (Å²) < 4.78 is 5.31. The first kappa shape index (κ1) is 16.8. The van der Waals surface area contributed by atoms with E-state index < -0.39 is 10.8 Å². The van der Waals surface area contributed by atoms with Crippen molar-refractivity contribution in [2.75, 3.05) is 31.2 Å². The number of pyridine rings is 1. The van der Waals surface area contributed by atoms with Gasteiger partial charge in [0, 0.05) is 43.8 Å². The van der Waals surface area contributed by atoms with Crippen molar-refractivity contribution in [3.63, 3.8) is 0 Å². The molecule has 0 spiro atoms. The minimum atomic E-state index is -0.537. The first-order chi connectivity index (χ1) is 12.1. The second-order valence-electron chi connectivity index (χ2n) is 5.60. The van der Waals surface area contributed by atoms with Crippen LogP contribution in [0.1, 0.15) is 15.9 Å². The van der Waals surface area contributed by atoms with Crippen molar-refractivity contribution >= 4 is 17.3 Å². The number of ether oxygens (including phenoxy) is 1. The maximum Gasteiger partial charge on any atom is 0.282 e. The van der Waals surface area contributed by atoms with E-state index in [4.69, 9.17) is 4.74 Å². The predicted molar refractivity (Wildman–Crippen MR) is 91.5 cm³/mol. The van der Waals surface area contributed by atoms with E-state index in [2.05, 4.69) is 10.3 Å². The van der Waals surface area contributed by atoms with Crippen molar-refractivity contribution in [1.82, 2.24) is 10.3 Å². The average Bonchev–Trinajstić information content (AvgIpc) is 2.67. The molecule has 2 heterocycles. The largest absolute Gasteiger partial charge is 0.378 e. The molecule has 1 aromatic carbocycles. The Hall–Kier alpha value is -3.00. The summed E-state index contributed by atoms with van der Waals surface area (Å²) in [5.74, 6) is -0.473. The van der Waals surface area contributed by atoms with Crippen molar-refractivity contribution in [1.29, 1.82) is 0 Å². The van der Waals surface area contributed by atoms with E-state index in [1.54, 1.807) is 36.7 Å². The van der Waals surface area contributed by atoms with E-state index in [1.165, 1.54) is 6.07 Å². The van der Waals surface area contributed by atoms with Crippen LogP contribution in [0.4, 0.5) is 11.4 Å². The number of morpholine rings is 1. The smallest absolute Gasteiger partial charge is 0.282 e. The van der Waals surface area contributed by atoms with Crippen molar-refractivity contribution in [2.45, 2.75) is 6.54 Å². The standard InChI is InChI=1S/C17H18N4O4/c22-17(19-12-13-3-5-18-6-4-13)15-11-14(1-2-16(15)21(23)24)20-7-9-25-10-8-20/h1-6,11H,7-10,12H2,(H,19,22). The minimum Gasteiger partial charge on any atom is -0.378 e. The molecule has 0 saturated carbocycles. The molecule has 1 aliphatic heterocycles. The summed E-state index contributed by atoms with van der Waals surface area (Å²) in [6.07, 6.45) is 3.26. The molecule has 1 aromatic heterocycles. The molecule has 1 fully saturated rings. The molecule has 0 aliphatic carbocycles. The number of carbonyl (C=O) groups excluding carboxylic acids is 1. The lowest BCUT2D eigenvalue weighted by Crippen LogP contribution is -2.36. The zero-order valence-corrected chi connectivity index (χ0v) is 13.6. The molecule has 1 N–H and O–H groups in total. The number of nitrogens with one attached hydrogen (secondary N) is 1. The molecule has 1 aliphatic rings. The maximum absolute atomic E-state index is 12.5. The van der Waals surface area contributed by atoms with Gasteiger partial charge in [0.25, 0.3) is 11.6 Å². The number of nitro groups is 1. The number of anilines is 1. The lowest BCUT2D eigenvalue weighted by atomic mass is 10.1.